The van der Waals surface area contributed by atoms with Crippen LogP contribution in [0, 0.1) is 5.92 Å². The molecule has 1 aromatic carbocycles. The molecule has 0 saturated heterocycles. The summed E-state index contributed by atoms with van der Waals surface area (Å²) in [6, 6.07) is 9.20. The van der Waals surface area contributed by atoms with Crippen molar-refractivity contribution in [2.45, 2.75) is 44.9 Å². The summed E-state index contributed by atoms with van der Waals surface area (Å²) in [7, 11) is 3.99. The van der Waals surface area contributed by atoms with Crippen LogP contribution in [0.15, 0.2) is 24.3 Å². The second-order valence-corrected chi connectivity index (χ2v) is 5.96. The molecule has 2 atom stereocenters. The van der Waals surface area contributed by atoms with Gasteiger partial charge in [0.15, 0.2) is 0 Å². The predicted molar refractivity (Wildman–Crippen MR) is 83.4 cm³/mol. The quantitative estimate of drug-likeness (QED) is 0.868. The summed E-state index contributed by atoms with van der Waals surface area (Å²) in [5.41, 5.74) is 8.62. The van der Waals surface area contributed by atoms with Crippen LogP contribution in [0.3, 0.4) is 0 Å². The molecule has 112 valence electrons. The van der Waals surface area contributed by atoms with Gasteiger partial charge in [0, 0.05) is 19.7 Å². The monoisotopic (exact) mass is 276 g/mol. The van der Waals surface area contributed by atoms with Crippen LogP contribution in [0.1, 0.15) is 36.8 Å². The highest BCUT2D eigenvalue weighted by atomic mass is 16.5. The van der Waals surface area contributed by atoms with E-state index in [0.29, 0.717) is 18.6 Å². The van der Waals surface area contributed by atoms with Crippen LogP contribution in [-0.4, -0.2) is 31.6 Å². The highest BCUT2D eigenvalue weighted by molar-refractivity contribution is 5.26. The van der Waals surface area contributed by atoms with Crippen molar-refractivity contribution in [2.75, 3.05) is 20.7 Å². The van der Waals surface area contributed by atoms with Crippen molar-refractivity contribution in [1.29, 1.82) is 0 Å². The number of ether oxygens (including phenoxy) is 1. The predicted octanol–water partition coefficient (Wildman–Crippen LogP) is 2.78. The Balaban J connectivity index is 2.04. The van der Waals surface area contributed by atoms with Crippen LogP contribution in [0.25, 0.3) is 0 Å². The number of nitrogens with zero attached hydrogens (tertiary/aromatic N) is 1. The smallest absolute Gasteiger partial charge is 0.0716 e. The summed E-state index contributed by atoms with van der Waals surface area (Å²) in [6.07, 6.45) is 5.24. The van der Waals surface area contributed by atoms with Gasteiger partial charge in [-0.25, -0.2) is 0 Å². The van der Waals surface area contributed by atoms with Crippen molar-refractivity contribution in [2.24, 2.45) is 11.7 Å². The van der Waals surface area contributed by atoms with E-state index < -0.39 is 0 Å². The van der Waals surface area contributed by atoms with Gasteiger partial charge in [0.2, 0.25) is 0 Å². The zero-order valence-electron chi connectivity index (χ0n) is 12.8. The first-order valence-electron chi connectivity index (χ1n) is 7.72. The second-order valence-electron chi connectivity index (χ2n) is 5.96. The van der Waals surface area contributed by atoms with Crippen LogP contribution < -0.4 is 5.73 Å². The maximum Gasteiger partial charge on any atom is 0.0716 e. The molecule has 1 aliphatic carbocycles. The maximum atomic E-state index is 5.96. The Morgan fingerprint density at radius 3 is 2.60 bits per heavy atom. The van der Waals surface area contributed by atoms with Gasteiger partial charge in [-0.2, -0.15) is 0 Å². The topological polar surface area (TPSA) is 38.5 Å². The fourth-order valence-electron chi connectivity index (χ4n) is 3.44. The number of benzene rings is 1. The molecular formula is C17H28N2O. The summed E-state index contributed by atoms with van der Waals surface area (Å²) in [4.78, 5) is 2.49. The minimum absolute atomic E-state index is 0.629. The van der Waals surface area contributed by atoms with E-state index in [9.17, 15) is 0 Å². The highest BCUT2D eigenvalue weighted by Crippen LogP contribution is 2.28. The Morgan fingerprint density at radius 2 is 1.90 bits per heavy atom. The van der Waals surface area contributed by atoms with Gasteiger partial charge in [0.1, 0.15) is 0 Å². The first-order valence-corrected chi connectivity index (χ1v) is 7.72. The highest BCUT2D eigenvalue weighted by Gasteiger charge is 2.27. The van der Waals surface area contributed by atoms with E-state index in [1.807, 2.05) is 0 Å². The van der Waals surface area contributed by atoms with Gasteiger partial charge >= 0.3 is 0 Å². The molecule has 0 aromatic heterocycles. The Hall–Kier alpha value is -0.900. The minimum atomic E-state index is 0.629. The van der Waals surface area contributed by atoms with Crippen LogP contribution in [0.4, 0.5) is 0 Å². The molecular weight excluding hydrogens is 248 g/mol. The molecule has 2 rings (SSSR count). The molecule has 0 aliphatic heterocycles. The van der Waals surface area contributed by atoms with E-state index in [1.165, 1.54) is 36.8 Å². The van der Waals surface area contributed by atoms with Crippen molar-refractivity contribution in [3.8, 4) is 0 Å². The molecule has 1 aliphatic rings. The van der Waals surface area contributed by atoms with Gasteiger partial charge in [0.25, 0.3) is 0 Å². The molecule has 2 N–H and O–H groups in total. The first kappa shape index (κ1) is 15.5. The van der Waals surface area contributed by atoms with E-state index in [2.05, 4.69) is 36.2 Å². The van der Waals surface area contributed by atoms with Crippen LogP contribution in [-0.2, 0) is 17.9 Å². The van der Waals surface area contributed by atoms with Crippen molar-refractivity contribution < 1.29 is 4.74 Å². The van der Waals surface area contributed by atoms with Crippen LogP contribution in [0.5, 0.6) is 0 Å². The first-order chi connectivity index (χ1) is 9.76. The molecule has 0 amide bonds. The maximum absolute atomic E-state index is 5.96. The zero-order valence-corrected chi connectivity index (χ0v) is 12.8. The van der Waals surface area contributed by atoms with Gasteiger partial charge < -0.3 is 10.5 Å². The third kappa shape index (κ3) is 3.81. The third-order valence-corrected chi connectivity index (χ3v) is 4.58. The van der Waals surface area contributed by atoms with E-state index in [-0.39, 0.29) is 0 Å². The Labute approximate surface area is 123 Å². The number of methoxy groups -OCH3 is 1. The van der Waals surface area contributed by atoms with Gasteiger partial charge in [-0.15, -0.1) is 0 Å². The van der Waals surface area contributed by atoms with Crippen molar-refractivity contribution >= 4 is 0 Å². The zero-order chi connectivity index (χ0) is 14.4. The number of hydrogen-bond donors (Lipinski definition) is 1. The lowest BCUT2D eigenvalue weighted by Gasteiger charge is -2.37. The fourth-order valence-corrected chi connectivity index (χ4v) is 3.44. The summed E-state index contributed by atoms with van der Waals surface area (Å²) in [5.74, 6) is 0.656. The molecule has 2 unspecified atom stereocenters. The molecule has 0 bridgehead atoms. The van der Waals surface area contributed by atoms with Gasteiger partial charge in [-0.3, -0.25) is 4.90 Å². The van der Waals surface area contributed by atoms with Crippen molar-refractivity contribution in [1.82, 2.24) is 4.90 Å². The Kier molecular flexibility index (Phi) is 6.02. The Morgan fingerprint density at radius 1 is 1.20 bits per heavy atom. The molecule has 3 heteroatoms. The van der Waals surface area contributed by atoms with E-state index in [1.54, 1.807) is 7.11 Å². The largest absolute Gasteiger partial charge is 0.380 e. The average molecular weight is 276 g/mol. The molecule has 20 heavy (non-hydrogen) atoms. The normalized spacial score (nSPS) is 23.2. The van der Waals surface area contributed by atoms with E-state index in [0.717, 1.165) is 13.1 Å². The standard InChI is InChI=1S/C17H28N2O/c1-19(17-10-6-5-7-14(17)11-18)12-15-8-3-4-9-16(15)13-20-2/h3-4,8-9,14,17H,5-7,10-13,18H2,1-2H3. The van der Waals surface area contributed by atoms with Gasteiger partial charge in [-0.1, -0.05) is 37.1 Å². The second kappa shape index (κ2) is 7.77. The molecule has 0 heterocycles. The lowest BCUT2D eigenvalue weighted by atomic mass is 9.83. The van der Waals surface area contributed by atoms with Crippen molar-refractivity contribution in [3.63, 3.8) is 0 Å². The molecule has 0 radical (unpaired) electrons. The average Bonchev–Trinajstić information content (AvgIpc) is 2.49. The SMILES string of the molecule is COCc1ccccc1CN(C)C1CCCCC1CN. The molecule has 1 fully saturated rings. The van der Waals surface area contributed by atoms with E-state index >= 15 is 0 Å². The number of rotatable bonds is 6. The number of hydrogen-bond acceptors (Lipinski definition) is 3. The summed E-state index contributed by atoms with van der Waals surface area (Å²) in [5, 5.41) is 0. The minimum Gasteiger partial charge on any atom is -0.380 e. The summed E-state index contributed by atoms with van der Waals surface area (Å²) >= 11 is 0. The van der Waals surface area contributed by atoms with Crippen molar-refractivity contribution in [3.05, 3.63) is 35.4 Å². The summed E-state index contributed by atoms with van der Waals surface area (Å²) < 4.78 is 5.30. The number of nitrogens with two attached hydrogens (primary N) is 1. The lowest BCUT2D eigenvalue weighted by Crippen LogP contribution is -2.42. The van der Waals surface area contributed by atoms with Gasteiger partial charge in [0.05, 0.1) is 6.61 Å². The van der Waals surface area contributed by atoms with Gasteiger partial charge in [-0.05, 0) is 43.5 Å². The van der Waals surface area contributed by atoms with E-state index in [4.69, 9.17) is 10.5 Å². The Bertz CT molecular complexity index is 408. The summed E-state index contributed by atoms with van der Waals surface area (Å²) in [6.45, 7) is 2.49. The molecule has 3 nitrogen and oxygen atoms in total. The third-order valence-electron chi connectivity index (χ3n) is 4.58. The molecule has 1 aromatic rings. The fraction of sp³-hybridized carbons (Fsp3) is 0.647. The lowest BCUT2D eigenvalue weighted by molar-refractivity contribution is 0.125. The molecule has 0 spiro atoms. The molecule has 1 saturated carbocycles. The van der Waals surface area contributed by atoms with Crippen LogP contribution >= 0.6 is 0 Å². The van der Waals surface area contributed by atoms with Crippen LogP contribution in [0.2, 0.25) is 0 Å².